The fraction of sp³-hybridized carbons (Fsp3) is 0. The van der Waals surface area contributed by atoms with Crippen LogP contribution in [0.1, 0.15) is 0 Å². The number of hydrogen-bond donors (Lipinski definition) is 2. The van der Waals surface area contributed by atoms with Gasteiger partial charge in [-0.2, -0.15) is 5.10 Å². The molecule has 0 aliphatic rings. The largest absolute Gasteiger partial charge is 0.352 e. The number of fused-ring (bicyclic) bond motifs is 2. The van der Waals surface area contributed by atoms with E-state index in [1.807, 2.05) is 42.7 Å². The minimum Gasteiger partial charge on any atom is -0.352 e. The minimum atomic E-state index is 0.684. The highest BCUT2D eigenvalue weighted by molar-refractivity contribution is 5.95. The lowest BCUT2D eigenvalue weighted by atomic mass is 10.1. The van der Waals surface area contributed by atoms with E-state index in [1.54, 1.807) is 12.4 Å². The number of nitrogens with zero attached hydrogens (tertiary/aromatic N) is 4. The quantitative estimate of drug-likeness (QED) is 0.522. The lowest BCUT2D eigenvalue weighted by Gasteiger charge is -2.01. The summed E-state index contributed by atoms with van der Waals surface area (Å²) in [6, 6.07) is 11.9. The molecule has 0 saturated carbocycles. The second-order valence-electron chi connectivity index (χ2n) is 5.55. The second kappa shape index (κ2) is 4.99. The number of H-pyrrole nitrogens is 2. The Morgan fingerprint density at radius 1 is 0.875 bits per heavy atom. The van der Waals surface area contributed by atoms with Gasteiger partial charge in [-0.1, -0.05) is 6.07 Å². The van der Waals surface area contributed by atoms with Crippen LogP contribution in [-0.4, -0.2) is 30.1 Å². The number of rotatable bonds is 2. The van der Waals surface area contributed by atoms with Gasteiger partial charge in [-0.3, -0.25) is 15.1 Å². The van der Waals surface area contributed by atoms with Crippen LogP contribution in [0.4, 0.5) is 0 Å². The molecule has 6 nitrogen and oxygen atoms in total. The van der Waals surface area contributed by atoms with E-state index in [2.05, 4.69) is 36.2 Å². The highest BCUT2D eigenvalue weighted by Gasteiger charge is 2.13. The molecule has 0 radical (unpaired) electrons. The van der Waals surface area contributed by atoms with Crippen molar-refractivity contribution in [3.63, 3.8) is 0 Å². The van der Waals surface area contributed by atoms with Gasteiger partial charge in [0.2, 0.25) is 0 Å². The molecule has 0 unspecified atom stereocenters. The summed E-state index contributed by atoms with van der Waals surface area (Å²) in [6.07, 6.45) is 7.19. The molecule has 24 heavy (non-hydrogen) atoms. The first kappa shape index (κ1) is 13.0. The maximum atomic E-state index is 4.46. The molecule has 0 atom stereocenters. The Morgan fingerprint density at radius 2 is 1.83 bits per heavy atom. The summed E-state index contributed by atoms with van der Waals surface area (Å²) in [5, 5.41) is 8.35. The maximum Gasteiger partial charge on any atom is 0.181 e. The number of hydrogen-bond acceptors (Lipinski definition) is 4. The van der Waals surface area contributed by atoms with Gasteiger partial charge in [0.1, 0.15) is 0 Å². The molecule has 0 fully saturated rings. The molecular weight excluding hydrogens is 300 g/mol. The lowest BCUT2D eigenvalue weighted by Crippen LogP contribution is -1.83. The van der Waals surface area contributed by atoms with Crippen molar-refractivity contribution in [2.75, 3.05) is 0 Å². The van der Waals surface area contributed by atoms with Crippen LogP contribution < -0.4 is 0 Å². The predicted octanol–water partition coefficient (Wildman–Crippen LogP) is 3.56. The average Bonchev–Trinajstić information content (AvgIpc) is 3.25. The number of pyridine rings is 3. The number of nitrogens with one attached hydrogen (secondary N) is 2. The van der Waals surface area contributed by atoms with Crippen LogP contribution >= 0.6 is 0 Å². The van der Waals surface area contributed by atoms with E-state index < -0.39 is 0 Å². The standard InChI is InChI=1S/C18H12N6/c1-3-11(9-19-5-1)12-7-13-17(23-24-18(13)21-10-12)16-8-15-14(22-16)4-2-6-20-15/h1-10,22H,(H,21,23,24). The Morgan fingerprint density at radius 3 is 2.71 bits per heavy atom. The molecule has 0 aromatic carbocycles. The third-order valence-corrected chi connectivity index (χ3v) is 4.06. The van der Waals surface area contributed by atoms with Gasteiger partial charge in [-0.05, 0) is 30.3 Å². The first-order valence-corrected chi connectivity index (χ1v) is 7.57. The predicted molar refractivity (Wildman–Crippen MR) is 92.2 cm³/mol. The average molecular weight is 312 g/mol. The Kier molecular flexibility index (Phi) is 2.69. The van der Waals surface area contributed by atoms with E-state index in [0.717, 1.165) is 38.9 Å². The summed E-state index contributed by atoms with van der Waals surface area (Å²) in [7, 11) is 0. The highest BCUT2D eigenvalue weighted by atomic mass is 15.2. The lowest BCUT2D eigenvalue weighted by molar-refractivity contribution is 1.10. The van der Waals surface area contributed by atoms with Gasteiger partial charge in [0.25, 0.3) is 0 Å². The Balaban J connectivity index is 1.71. The smallest absolute Gasteiger partial charge is 0.181 e. The molecule has 0 amide bonds. The van der Waals surface area contributed by atoms with E-state index in [0.29, 0.717) is 5.65 Å². The molecule has 5 aromatic rings. The SMILES string of the molecule is c1cncc(-c2cnc3n[nH]c(-c4cc5ncccc5[nH]4)c3c2)c1. The van der Waals surface area contributed by atoms with Gasteiger partial charge in [0.05, 0.1) is 22.4 Å². The third-order valence-electron chi connectivity index (χ3n) is 4.06. The van der Waals surface area contributed by atoms with Gasteiger partial charge >= 0.3 is 0 Å². The van der Waals surface area contributed by atoms with Crippen LogP contribution in [-0.2, 0) is 0 Å². The zero-order chi connectivity index (χ0) is 15.9. The summed E-state index contributed by atoms with van der Waals surface area (Å²) >= 11 is 0. The molecule has 2 N–H and O–H groups in total. The summed E-state index contributed by atoms with van der Waals surface area (Å²) < 4.78 is 0. The van der Waals surface area contributed by atoms with Crippen molar-refractivity contribution in [1.82, 2.24) is 30.1 Å². The van der Waals surface area contributed by atoms with Gasteiger partial charge in [0, 0.05) is 41.3 Å². The fourth-order valence-electron chi connectivity index (χ4n) is 2.89. The molecular formula is C18H12N6. The zero-order valence-electron chi connectivity index (χ0n) is 12.6. The maximum absolute atomic E-state index is 4.46. The van der Waals surface area contributed by atoms with E-state index in [9.17, 15) is 0 Å². The molecule has 5 rings (SSSR count). The Bertz CT molecular complexity index is 1120. The van der Waals surface area contributed by atoms with Crippen molar-refractivity contribution in [1.29, 1.82) is 0 Å². The first-order valence-electron chi connectivity index (χ1n) is 7.57. The van der Waals surface area contributed by atoms with Gasteiger partial charge < -0.3 is 4.98 Å². The molecule has 0 aliphatic heterocycles. The third kappa shape index (κ3) is 1.97. The van der Waals surface area contributed by atoms with Crippen LogP contribution in [0.5, 0.6) is 0 Å². The van der Waals surface area contributed by atoms with E-state index in [1.165, 1.54) is 0 Å². The number of aromatic nitrogens is 6. The van der Waals surface area contributed by atoms with Crippen LogP contribution in [0.2, 0.25) is 0 Å². The molecule has 0 aliphatic carbocycles. The van der Waals surface area contributed by atoms with E-state index in [-0.39, 0.29) is 0 Å². The van der Waals surface area contributed by atoms with Crippen molar-refractivity contribution >= 4 is 22.1 Å². The van der Waals surface area contributed by atoms with Crippen molar-refractivity contribution in [2.24, 2.45) is 0 Å². The molecule has 0 saturated heterocycles. The summed E-state index contributed by atoms with van der Waals surface area (Å²) in [4.78, 5) is 16.4. The highest BCUT2D eigenvalue weighted by Crippen LogP contribution is 2.29. The molecule has 6 heteroatoms. The summed E-state index contributed by atoms with van der Waals surface area (Å²) in [6.45, 7) is 0. The molecule has 114 valence electrons. The van der Waals surface area contributed by atoms with Crippen LogP contribution in [0.15, 0.2) is 61.2 Å². The molecule has 0 bridgehead atoms. The number of aromatic amines is 2. The van der Waals surface area contributed by atoms with Crippen molar-refractivity contribution in [3.8, 4) is 22.5 Å². The van der Waals surface area contributed by atoms with E-state index in [4.69, 9.17) is 0 Å². The molecule has 5 heterocycles. The zero-order valence-corrected chi connectivity index (χ0v) is 12.6. The summed E-state index contributed by atoms with van der Waals surface area (Å²) in [5.74, 6) is 0. The van der Waals surface area contributed by atoms with Crippen LogP contribution in [0.3, 0.4) is 0 Å². The van der Waals surface area contributed by atoms with Crippen molar-refractivity contribution in [3.05, 3.63) is 61.2 Å². The van der Waals surface area contributed by atoms with Crippen LogP contribution in [0, 0.1) is 0 Å². The fourth-order valence-corrected chi connectivity index (χ4v) is 2.89. The normalized spacial score (nSPS) is 11.3. The monoisotopic (exact) mass is 312 g/mol. The molecule has 0 spiro atoms. The Hall–Kier alpha value is -3.54. The minimum absolute atomic E-state index is 0.684. The first-order chi connectivity index (χ1) is 11.9. The second-order valence-corrected chi connectivity index (χ2v) is 5.55. The van der Waals surface area contributed by atoms with Crippen molar-refractivity contribution < 1.29 is 0 Å². The Labute approximate surface area is 136 Å². The van der Waals surface area contributed by atoms with Gasteiger partial charge in [-0.15, -0.1) is 0 Å². The molecule has 5 aromatic heterocycles. The van der Waals surface area contributed by atoms with Crippen LogP contribution in [0.25, 0.3) is 44.6 Å². The summed E-state index contributed by atoms with van der Waals surface area (Å²) in [5.41, 5.74) is 6.48. The van der Waals surface area contributed by atoms with Gasteiger partial charge in [-0.25, -0.2) is 4.98 Å². The van der Waals surface area contributed by atoms with Gasteiger partial charge in [0.15, 0.2) is 5.65 Å². The topological polar surface area (TPSA) is 83.1 Å². The van der Waals surface area contributed by atoms with Crippen molar-refractivity contribution in [2.45, 2.75) is 0 Å². The van der Waals surface area contributed by atoms with E-state index >= 15 is 0 Å².